The highest BCUT2D eigenvalue weighted by Gasteiger charge is 2.17. The van der Waals surface area contributed by atoms with E-state index in [4.69, 9.17) is 4.74 Å². The number of ether oxygens (including phenoxy) is 1. The average molecular weight is 367 g/mol. The van der Waals surface area contributed by atoms with Gasteiger partial charge in [0.25, 0.3) is 0 Å². The summed E-state index contributed by atoms with van der Waals surface area (Å²) in [6, 6.07) is 7.43. The molecule has 1 N–H and O–H groups in total. The lowest BCUT2D eigenvalue weighted by Gasteiger charge is -2.09. The first-order chi connectivity index (χ1) is 13.1. The first kappa shape index (κ1) is 16.9. The van der Waals surface area contributed by atoms with Crippen LogP contribution in [0.4, 0.5) is 8.78 Å². The van der Waals surface area contributed by atoms with Gasteiger partial charge < -0.3 is 4.74 Å². The number of hydrogen-bond acceptors (Lipinski definition) is 4. The Kier molecular flexibility index (Phi) is 4.37. The zero-order valence-electron chi connectivity index (χ0n) is 14.4. The Hall–Kier alpha value is -3.55. The number of nitrogens with zero attached hydrogens (tertiary/aromatic N) is 4. The molecule has 0 bridgehead atoms. The minimum Gasteiger partial charge on any atom is -0.489 e. The third-order valence-corrected chi connectivity index (χ3v) is 4.02. The van der Waals surface area contributed by atoms with Crippen LogP contribution in [0.25, 0.3) is 22.5 Å². The summed E-state index contributed by atoms with van der Waals surface area (Å²) in [4.78, 5) is 3.91. The molecule has 4 rings (SSSR count). The fourth-order valence-corrected chi connectivity index (χ4v) is 2.69. The third-order valence-electron chi connectivity index (χ3n) is 4.02. The van der Waals surface area contributed by atoms with Crippen LogP contribution in [0.1, 0.15) is 5.56 Å². The Morgan fingerprint density at radius 2 is 1.85 bits per heavy atom. The highest BCUT2D eigenvalue weighted by atomic mass is 19.1. The van der Waals surface area contributed by atoms with E-state index in [0.717, 1.165) is 23.3 Å². The normalized spacial score (nSPS) is 10.9. The van der Waals surface area contributed by atoms with Crippen LogP contribution in [0, 0.1) is 11.6 Å². The van der Waals surface area contributed by atoms with Crippen LogP contribution in [0.5, 0.6) is 5.75 Å². The summed E-state index contributed by atoms with van der Waals surface area (Å²) in [5.41, 5.74) is 2.20. The standard InChI is InChI=1S/C19H15F2N5O/c1-26-10-13(9-23-26)17-8-18(25-24-17)19-15(20)6-14(7-16(19)21)27-11-12-2-4-22-5-3-12/h2-10H,11H2,1H3,(H,24,25). The van der Waals surface area contributed by atoms with E-state index in [-0.39, 0.29) is 23.6 Å². The molecule has 0 aliphatic heterocycles. The van der Waals surface area contributed by atoms with Crippen LogP contribution in [0.2, 0.25) is 0 Å². The lowest BCUT2D eigenvalue weighted by Crippen LogP contribution is -1.98. The zero-order valence-corrected chi connectivity index (χ0v) is 14.4. The second-order valence-electron chi connectivity index (χ2n) is 5.98. The van der Waals surface area contributed by atoms with Gasteiger partial charge in [-0.05, 0) is 23.8 Å². The van der Waals surface area contributed by atoms with Crippen LogP contribution in [-0.2, 0) is 13.7 Å². The highest BCUT2D eigenvalue weighted by molar-refractivity contribution is 5.68. The minimum atomic E-state index is -0.735. The fraction of sp³-hybridized carbons (Fsp3) is 0.105. The summed E-state index contributed by atoms with van der Waals surface area (Å²) >= 11 is 0. The maximum atomic E-state index is 14.5. The SMILES string of the molecule is Cn1cc(-c2cc(-c3c(F)cc(OCc4ccncc4)cc3F)[nH]n2)cn1. The van der Waals surface area contributed by atoms with Crippen molar-refractivity contribution in [2.45, 2.75) is 6.61 Å². The molecule has 0 atom stereocenters. The topological polar surface area (TPSA) is 68.6 Å². The monoisotopic (exact) mass is 367 g/mol. The predicted molar refractivity (Wildman–Crippen MR) is 94.7 cm³/mol. The maximum Gasteiger partial charge on any atom is 0.139 e. The first-order valence-electron chi connectivity index (χ1n) is 8.15. The number of halogens is 2. The average Bonchev–Trinajstić information content (AvgIpc) is 3.29. The van der Waals surface area contributed by atoms with E-state index in [1.54, 1.807) is 54.7 Å². The Morgan fingerprint density at radius 1 is 1.11 bits per heavy atom. The van der Waals surface area contributed by atoms with Crippen molar-refractivity contribution in [2.24, 2.45) is 7.05 Å². The van der Waals surface area contributed by atoms with Gasteiger partial charge in [-0.25, -0.2) is 8.78 Å². The van der Waals surface area contributed by atoms with Gasteiger partial charge in [0, 0.05) is 43.3 Å². The molecule has 0 radical (unpaired) electrons. The summed E-state index contributed by atoms with van der Waals surface area (Å²) in [5.74, 6) is -1.36. The lowest BCUT2D eigenvalue weighted by molar-refractivity contribution is 0.302. The highest BCUT2D eigenvalue weighted by Crippen LogP contribution is 2.31. The molecular formula is C19H15F2N5O. The summed E-state index contributed by atoms with van der Waals surface area (Å²) in [6.07, 6.45) is 6.65. The Balaban J connectivity index is 1.58. The zero-order chi connectivity index (χ0) is 18.8. The van der Waals surface area contributed by atoms with Crippen molar-refractivity contribution in [1.29, 1.82) is 0 Å². The summed E-state index contributed by atoms with van der Waals surface area (Å²) in [7, 11) is 1.78. The van der Waals surface area contributed by atoms with Gasteiger partial charge in [-0.15, -0.1) is 0 Å². The molecule has 0 aliphatic carbocycles. The van der Waals surface area contributed by atoms with Gasteiger partial charge in [-0.2, -0.15) is 10.2 Å². The quantitative estimate of drug-likeness (QED) is 0.584. The number of hydrogen-bond donors (Lipinski definition) is 1. The van der Waals surface area contributed by atoms with Crippen molar-refractivity contribution in [2.75, 3.05) is 0 Å². The number of rotatable bonds is 5. The van der Waals surface area contributed by atoms with E-state index in [0.29, 0.717) is 5.69 Å². The van der Waals surface area contributed by atoms with Crippen LogP contribution >= 0.6 is 0 Å². The van der Waals surface area contributed by atoms with E-state index >= 15 is 0 Å². The molecule has 8 heteroatoms. The van der Waals surface area contributed by atoms with Crippen LogP contribution < -0.4 is 4.74 Å². The maximum absolute atomic E-state index is 14.5. The molecule has 0 aliphatic rings. The minimum absolute atomic E-state index is 0.109. The second-order valence-corrected chi connectivity index (χ2v) is 5.98. The number of aryl methyl sites for hydroxylation is 1. The molecule has 4 aromatic rings. The predicted octanol–water partition coefficient (Wildman–Crippen LogP) is 3.73. The molecule has 27 heavy (non-hydrogen) atoms. The van der Waals surface area contributed by atoms with Crippen molar-refractivity contribution in [1.82, 2.24) is 25.0 Å². The molecule has 0 spiro atoms. The van der Waals surface area contributed by atoms with E-state index in [9.17, 15) is 8.78 Å². The molecule has 0 saturated heterocycles. The lowest BCUT2D eigenvalue weighted by atomic mass is 10.1. The smallest absolute Gasteiger partial charge is 0.139 e. The number of benzene rings is 1. The van der Waals surface area contributed by atoms with Crippen molar-refractivity contribution in [3.63, 3.8) is 0 Å². The van der Waals surface area contributed by atoms with Crippen molar-refractivity contribution < 1.29 is 13.5 Å². The van der Waals surface area contributed by atoms with Gasteiger partial charge >= 0.3 is 0 Å². The van der Waals surface area contributed by atoms with Crippen LogP contribution in [0.15, 0.2) is 55.1 Å². The molecule has 0 fully saturated rings. The van der Waals surface area contributed by atoms with Crippen molar-refractivity contribution in [3.8, 4) is 28.3 Å². The molecular weight excluding hydrogens is 352 g/mol. The molecule has 3 aromatic heterocycles. The van der Waals surface area contributed by atoms with Gasteiger partial charge in [0.1, 0.15) is 24.0 Å². The van der Waals surface area contributed by atoms with E-state index < -0.39 is 11.6 Å². The van der Waals surface area contributed by atoms with Gasteiger partial charge in [0.2, 0.25) is 0 Å². The fourth-order valence-electron chi connectivity index (χ4n) is 2.69. The number of H-pyrrole nitrogens is 1. The van der Waals surface area contributed by atoms with Crippen LogP contribution in [0.3, 0.4) is 0 Å². The van der Waals surface area contributed by atoms with E-state index in [2.05, 4.69) is 20.3 Å². The second kappa shape index (κ2) is 6.99. The summed E-state index contributed by atoms with van der Waals surface area (Å²) in [5, 5.41) is 10.8. The van der Waals surface area contributed by atoms with Crippen molar-refractivity contribution in [3.05, 3.63) is 72.3 Å². The van der Waals surface area contributed by atoms with Gasteiger partial charge in [-0.3, -0.25) is 14.8 Å². The molecule has 3 heterocycles. The van der Waals surface area contributed by atoms with Gasteiger partial charge in [0.05, 0.1) is 23.1 Å². The van der Waals surface area contributed by atoms with E-state index in [1.807, 2.05) is 0 Å². The third kappa shape index (κ3) is 3.55. The Bertz CT molecular complexity index is 1050. The first-order valence-corrected chi connectivity index (χ1v) is 8.15. The van der Waals surface area contributed by atoms with E-state index in [1.165, 1.54) is 0 Å². The van der Waals surface area contributed by atoms with Crippen molar-refractivity contribution >= 4 is 0 Å². The number of pyridine rings is 1. The Labute approximate surface area is 153 Å². The van der Waals surface area contributed by atoms with Gasteiger partial charge in [0.15, 0.2) is 0 Å². The number of aromatic amines is 1. The molecule has 136 valence electrons. The molecule has 0 saturated carbocycles. The Morgan fingerprint density at radius 3 is 2.52 bits per heavy atom. The largest absolute Gasteiger partial charge is 0.489 e. The van der Waals surface area contributed by atoms with Crippen LogP contribution in [-0.4, -0.2) is 25.0 Å². The summed E-state index contributed by atoms with van der Waals surface area (Å²) < 4.78 is 36.2. The van der Waals surface area contributed by atoms with Gasteiger partial charge in [-0.1, -0.05) is 0 Å². The molecule has 0 amide bonds. The molecule has 6 nitrogen and oxygen atoms in total. The molecule has 1 aromatic carbocycles. The molecule has 0 unspecified atom stereocenters. The number of nitrogens with one attached hydrogen (secondary N) is 1. The number of aromatic nitrogens is 5. The summed E-state index contributed by atoms with van der Waals surface area (Å²) in [6.45, 7) is 0.190.